The largest absolute Gasteiger partial charge is 0.339 e. The Morgan fingerprint density at radius 1 is 1.41 bits per heavy atom. The van der Waals surface area contributed by atoms with Gasteiger partial charge in [-0.05, 0) is 13.8 Å². The summed E-state index contributed by atoms with van der Waals surface area (Å²) < 4.78 is 0. The number of nitrogens with one attached hydrogen (secondary N) is 2. The van der Waals surface area contributed by atoms with Gasteiger partial charge < -0.3 is 15.2 Å². The van der Waals surface area contributed by atoms with E-state index < -0.39 is 0 Å². The summed E-state index contributed by atoms with van der Waals surface area (Å²) in [4.78, 5) is 21.3. The van der Waals surface area contributed by atoms with Gasteiger partial charge in [0.2, 0.25) is 5.91 Å². The average molecular weight is 254 g/mol. The van der Waals surface area contributed by atoms with E-state index in [-0.39, 0.29) is 5.91 Å². The molecule has 2 N–H and O–H groups in total. The zero-order valence-electron chi connectivity index (χ0n) is 10.2. The van der Waals surface area contributed by atoms with Crippen LogP contribution in [0, 0.1) is 13.8 Å². The summed E-state index contributed by atoms with van der Waals surface area (Å²) in [6.45, 7) is 7.38. The topological polar surface area (TPSA) is 61.0 Å². The summed E-state index contributed by atoms with van der Waals surface area (Å²) in [6.07, 6.45) is 0. The van der Waals surface area contributed by atoms with Crippen molar-refractivity contribution in [2.75, 3.05) is 31.9 Å². The van der Waals surface area contributed by atoms with Crippen LogP contribution in [0.25, 0.3) is 0 Å². The summed E-state index contributed by atoms with van der Waals surface area (Å²) in [5, 5.41) is 4.07. The maximum atomic E-state index is 11.9. The Bertz CT molecular complexity index is 379. The lowest BCUT2D eigenvalue weighted by Gasteiger charge is -2.27. The van der Waals surface area contributed by atoms with E-state index in [0.717, 1.165) is 42.7 Å². The summed E-state index contributed by atoms with van der Waals surface area (Å²) in [5.74, 6) is 0.662. The monoisotopic (exact) mass is 254 g/mol. The number of rotatable bonds is 3. The van der Waals surface area contributed by atoms with E-state index in [9.17, 15) is 4.79 Å². The van der Waals surface area contributed by atoms with Crippen molar-refractivity contribution in [3.05, 3.63) is 11.4 Å². The number of amides is 1. The normalized spacial score (nSPS) is 16.2. The van der Waals surface area contributed by atoms with Gasteiger partial charge in [0.05, 0.1) is 11.4 Å². The first kappa shape index (κ1) is 12.4. The molecule has 1 amide bonds. The molecule has 0 aliphatic carbocycles. The number of carbonyl (C=O) groups is 1. The van der Waals surface area contributed by atoms with Crippen molar-refractivity contribution in [3.8, 4) is 0 Å². The van der Waals surface area contributed by atoms with Crippen LogP contribution >= 0.6 is 11.8 Å². The van der Waals surface area contributed by atoms with Crippen LogP contribution in [0.2, 0.25) is 0 Å². The number of nitrogens with zero attached hydrogens (tertiary/aromatic N) is 2. The number of aromatic amines is 1. The Hall–Kier alpha value is -1.01. The van der Waals surface area contributed by atoms with Crippen LogP contribution in [-0.4, -0.2) is 52.7 Å². The maximum absolute atomic E-state index is 11.9. The molecule has 0 saturated carbocycles. The maximum Gasteiger partial charge on any atom is 0.233 e. The third kappa shape index (κ3) is 3.23. The lowest BCUT2D eigenvalue weighted by molar-refractivity contribution is -0.128. The molecule has 2 heterocycles. The van der Waals surface area contributed by atoms with Crippen molar-refractivity contribution in [3.63, 3.8) is 0 Å². The average Bonchev–Trinajstić information content (AvgIpc) is 2.67. The first-order chi connectivity index (χ1) is 8.16. The zero-order chi connectivity index (χ0) is 12.3. The number of H-pyrrole nitrogens is 1. The molecule has 1 aromatic heterocycles. The third-order valence-corrected chi connectivity index (χ3v) is 3.77. The Balaban J connectivity index is 1.83. The molecule has 0 unspecified atom stereocenters. The predicted octanol–water partition coefficient (Wildman–Crippen LogP) is 0.550. The molecule has 94 valence electrons. The third-order valence-electron chi connectivity index (χ3n) is 2.91. The van der Waals surface area contributed by atoms with Crippen LogP contribution in [0.15, 0.2) is 5.16 Å². The molecule has 1 aliphatic heterocycles. The summed E-state index contributed by atoms with van der Waals surface area (Å²) in [7, 11) is 0. The first-order valence-electron chi connectivity index (χ1n) is 5.81. The second kappa shape index (κ2) is 5.55. The Labute approximate surface area is 105 Å². The lowest BCUT2D eigenvalue weighted by atomic mass is 10.3. The van der Waals surface area contributed by atoms with E-state index in [4.69, 9.17) is 0 Å². The number of aromatic nitrogens is 2. The molecule has 0 radical (unpaired) electrons. The molecule has 1 aromatic rings. The Kier molecular flexibility index (Phi) is 4.06. The first-order valence-corrected chi connectivity index (χ1v) is 6.80. The molecule has 0 bridgehead atoms. The van der Waals surface area contributed by atoms with Gasteiger partial charge in [0.25, 0.3) is 0 Å². The van der Waals surface area contributed by atoms with Crippen molar-refractivity contribution in [2.24, 2.45) is 0 Å². The van der Waals surface area contributed by atoms with E-state index in [0.29, 0.717) is 5.75 Å². The highest BCUT2D eigenvalue weighted by Crippen LogP contribution is 2.16. The summed E-state index contributed by atoms with van der Waals surface area (Å²) in [6, 6.07) is 0. The highest BCUT2D eigenvalue weighted by atomic mass is 32.2. The fourth-order valence-electron chi connectivity index (χ4n) is 1.72. The number of thioether (sulfide) groups is 1. The van der Waals surface area contributed by atoms with Crippen LogP contribution in [0.3, 0.4) is 0 Å². The fourth-order valence-corrected chi connectivity index (χ4v) is 2.59. The van der Waals surface area contributed by atoms with E-state index in [1.807, 2.05) is 18.7 Å². The molecule has 2 rings (SSSR count). The number of imidazole rings is 1. The number of hydrogen-bond donors (Lipinski definition) is 2. The van der Waals surface area contributed by atoms with Gasteiger partial charge in [-0.1, -0.05) is 11.8 Å². The van der Waals surface area contributed by atoms with Gasteiger partial charge in [-0.2, -0.15) is 0 Å². The predicted molar refractivity (Wildman–Crippen MR) is 68.2 cm³/mol. The van der Waals surface area contributed by atoms with E-state index in [1.165, 1.54) is 11.8 Å². The van der Waals surface area contributed by atoms with Crippen LogP contribution in [0.1, 0.15) is 11.4 Å². The number of hydrogen-bond acceptors (Lipinski definition) is 4. The molecule has 1 aliphatic rings. The molecular formula is C11H18N4OS. The van der Waals surface area contributed by atoms with Crippen molar-refractivity contribution in [1.29, 1.82) is 0 Å². The minimum atomic E-state index is 0.197. The van der Waals surface area contributed by atoms with Gasteiger partial charge in [0.15, 0.2) is 5.16 Å². The molecule has 0 atom stereocenters. The molecule has 17 heavy (non-hydrogen) atoms. The van der Waals surface area contributed by atoms with Gasteiger partial charge in [-0.25, -0.2) is 4.98 Å². The zero-order valence-corrected chi connectivity index (χ0v) is 11.1. The van der Waals surface area contributed by atoms with Crippen LogP contribution in [0.5, 0.6) is 0 Å². The highest BCUT2D eigenvalue weighted by Gasteiger charge is 2.16. The molecule has 0 spiro atoms. The Morgan fingerprint density at radius 2 is 2.12 bits per heavy atom. The second-order valence-electron chi connectivity index (χ2n) is 4.17. The van der Waals surface area contributed by atoms with E-state index in [1.54, 1.807) is 0 Å². The van der Waals surface area contributed by atoms with Crippen molar-refractivity contribution < 1.29 is 4.79 Å². The van der Waals surface area contributed by atoms with Gasteiger partial charge >= 0.3 is 0 Å². The van der Waals surface area contributed by atoms with Crippen molar-refractivity contribution in [2.45, 2.75) is 19.0 Å². The number of piperazine rings is 1. The molecule has 5 nitrogen and oxygen atoms in total. The minimum Gasteiger partial charge on any atom is -0.339 e. The van der Waals surface area contributed by atoms with Crippen LogP contribution < -0.4 is 5.32 Å². The lowest BCUT2D eigenvalue weighted by Crippen LogP contribution is -2.47. The van der Waals surface area contributed by atoms with Gasteiger partial charge in [0.1, 0.15) is 0 Å². The van der Waals surface area contributed by atoms with Gasteiger partial charge in [-0.15, -0.1) is 0 Å². The van der Waals surface area contributed by atoms with Crippen LogP contribution in [0.4, 0.5) is 0 Å². The molecule has 1 fully saturated rings. The molecular weight excluding hydrogens is 236 g/mol. The van der Waals surface area contributed by atoms with Gasteiger partial charge in [0, 0.05) is 31.9 Å². The fraction of sp³-hybridized carbons (Fsp3) is 0.636. The van der Waals surface area contributed by atoms with Crippen LogP contribution in [-0.2, 0) is 4.79 Å². The second-order valence-corrected chi connectivity index (χ2v) is 5.14. The molecule has 1 saturated heterocycles. The van der Waals surface area contributed by atoms with Gasteiger partial charge in [-0.3, -0.25) is 4.79 Å². The number of aryl methyl sites for hydroxylation is 2. The van der Waals surface area contributed by atoms with E-state index >= 15 is 0 Å². The number of carbonyl (C=O) groups excluding carboxylic acids is 1. The van der Waals surface area contributed by atoms with Crippen molar-refractivity contribution in [1.82, 2.24) is 20.2 Å². The molecule has 0 aromatic carbocycles. The SMILES string of the molecule is Cc1nc(SCC(=O)N2CCNCC2)[nH]c1C. The quantitative estimate of drug-likeness (QED) is 0.773. The van der Waals surface area contributed by atoms with E-state index in [2.05, 4.69) is 15.3 Å². The standard InChI is InChI=1S/C11H18N4OS/c1-8-9(2)14-11(13-8)17-7-10(16)15-5-3-12-4-6-15/h12H,3-7H2,1-2H3,(H,13,14). The smallest absolute Gasteiger partial charge is 0.233 e. The minimum absolute atomic E-state index is 0.197. The molecule has 6 heteroatoms. The Morgan fingerprint density at radius 3 is 2.71 bits per heavy atom. The highest BCUT2D eigenvalue weighted by molar-refractivity contribution is 7.99. The van der Waals surface area contributed by atoms with Crippen molar-refractivity contribution >= 4 is 17.7 Å². The summed E-state index contributed by atoms with van der Waals surface area (Å²) in [5.41, 5.74) is 2.07. The summed E-state index contributed by atoms with van der Waals surface area (Å²) >= 11 is 1.48.